The summed E-state index contributed by atoms with van der Waals surface area (Å²) in [7, 11) is 1.78. The molecule has 136 valence electrons. The molecular weight excluding hydrogens is 358 g/mol. The Labute approximate surface area is 161 Å². The highest BCUT2D eigenvalue weighted by atomic mass is 32.1. The van der Waals surface area contributed by atoms with Crippen LogP contribution in [0, 0.1) is 13.8 Å². The van der Waals surface area contributed by atoms with E-state index in [4.69, 9.17) is 4.98 Å². The van der Waals surface area contributed by atoms with Crippen LogP contribution < -0.4 is 4.90 Å². The maximum atomic E-state index is 13.4. The van der Waals surface area contributed by atoms with Crippen LogP contribution in [-0.2, 0) is 13.6 Å². The number of anilines is 1. The average Bonchev–Trinajstić information content (AvgIpc) is 3.22. The van der Waals surface area contributed by atoms with Gasteiger partial charge in [0.15, 0.2) is 5.13 Å². The van der Waals surface area contributed by atoms with E-state index in [9.17, 15) is 4.79 Å². The highest BCUT2D eigenvalue weighted by molar-refractivity contribution is 7.22. The Morgan fingerprint density at radius 1 is 1.22 bits per heavy atom. The van der Waals surface area contributed by atoms with Crippen molar-refractivity contribution in [1.82, 2.24) is 19.7 Å². The molecule has 0 saturated carbocycles. The Balaban J connectivity index is 1.80. The quantitative estimate of drug-likeness (QED) is 0.541. The van der Waals surface area contributed by atoms with Gasteiger partial charge in [-0.3, -0.25) is 19.4 Å². The Bertz CT molecular complexity index is 1100. The molecule has 0 aliphatic carbocycles. The first kappa shape index (κ1) is 17.4. The van der Waals surface area contributed by atoms with Crippen molar-refractivity contribution in [1.29, 1.82) is 0 Å². The summed E-state index contributed by atoms with van der Waals surface area (Å²) in [6.07, 6.45) is 5.20. The number of fused-ring (bicyclic) bond motifs is 1. The molecule has 0 aliphatic heterocycles. The number of carbonyl (C=O) groups is 1. The summed E-state index contributed by atoms with van der Waals surface area (Å²) in [4.78, 5) is 24.0. The number of benzene rings is 1. The molecule has 27 heavy (non-hydrogen) atoms. The molecule has 4 rings (SSSR count). The number of rotatable bonds is 4. The molecule has 3 heterocycles. The first-order valence-corrected chi connectivity index (χ1v) is 9.41. The van der Waals surface area contributed by atoms with Crippen molar-refractivity contribution in [2.24, 2.45) is 7.05 Å². The van der Waals surface area contributed by atoms with Gasteiger partial charge in [-0.2, -0.15) is 5.10 Å². The summed E-state index contributed by atoms with van der Waals surface area (Å²) in [5, 5.41) is 4.89. The maximum Gasteiger partial charge on any atom is 0.278 e. The summed E-state index contributed by atoms with van der Waals surface area (Å²) in [5.74, 6) is -0.118. The van der Waals surface area contributed by atoms with Gasteiger partial charge in [0.25, 0.3) is 5.91 Å². The van der Waals surface area contributed by atoms with Crippen LogP contribution in [0.2, 0.25) is 0 Å². The van der Waals surface area contributed by atoms with Crippen molar-refractivity contribution < 1.29 is 4.79 Å². The van der Waals surface area contributed by atoms with E-state index in [-0.39, 0.29) is 5.91 Å². The summed E-state index contributed by atoms with van der Waals surface area (Å²) in [6.45, 7) is 4.34. The van der Waals surface area contributed by atoms with E-state index in [1.807, 2.05) is 31.2 Å². The summed E-state index contributed by atoms with van der Waals surface area (Å²) < 4.78 is 2.68. The molecule has 0 fully saturated rings. The van der Waals surface area contributed by atoms with Crippen LogP contribution in [0.4, 0.5) is 5.13 Å². The third-order valence-corrected chi connectivity index (χ3v) is 5.44. The fourth-order valence-electron chi connectivity index (χ4n) is 3.02. The van der Waals surface area contributed by atoms with Crippen molar-refractivity contribution in [2.45, 2.75) is 20.4 Å². The van der Waals surface area contributed by atoms with E-state index in [1.54, 1.807) is 35.2 Å². The molecule has 0 N–H and O–H groups in total. The number of aryl methyl sites for hydroxylation is 3. The molecule has 1 amide bonds. The molecule has 0 spiro atoms. The largest absolute Gasteiger partial charge is 0.278 e. The van der Waals surface area contributed by atoms with Gasteiger partial charge >= 0.3 is 0 Å². The van der Waals surface area contributed by atoms with Crippen LogP contribution in [0.3, 0.4) is 0 Å². The lowest BCUT2D eigenvalue weighted by molar-refractivity contribution is 0.0975. The van der Waals surface area contributed by atoms with Gasteiger partial charge in [0.05, 0.1) is 23.0 Å². The molecule has 0 bridgehead atoms. The third-order valence-electron chi connectivity index (χ3n) is 4.40. The fourth-order valence-corrected chi connectivity index (χ4v) is 4.08. The minimum absolute atomic E-state index is 0.118. The van der Waals surface area contributed by atoms with Gasteiger partial charge < -0.3 is 0 Å². The van der Waals surface area contributed by atoms with Gasteiger partial charge in [0.1, 0.15) is 5.69 Å². The smallest absolute Gasteiger partial charge is 0.278 e. The van der Waals surface area contributed by atoms with Crippen molar-refractivity contribution >= 4 is 32.6 Å². The Kier molecular flexibility index (Phi) is 4.45. The van der Waals surface area contributed by atoms with Crippen LogP contribution >= 0.6 is 11.3 Å². The van der Waals surface area contributed by atoms with Crippen LogP contribution in [0.25, 0.3) is 10.2 Å². The van der Waals surface area contributed by atoms with Gasteiger partial charge in [-0.05, 0) is 48.7 Å². The fraction of sp³-hybridized carbons (Fsp3) is 0.200. The van der Waals surface area contributed by atoms with E-state index >= 15 is 0 Å². The van der Waals surface area contributed by atoms with Crippen LogP contribution in [0.5, 0.6) is 0 Å². The molecule has 0 aliphatic rings. The summed E-state index contributed by atoms with van der Waals surface area (Å²) >= 11 is 1.52. The SMILES string of the molecule is Cc1ccc2nc(N(Cc3cccnc3)C(=O)c3c(C)cnn3C)sc2c1. The third kappa shape index (κ3) is 3.33. The highest BCUT2D eigenvalue weighted by Gasteiger charge is 2.25. The second-order valence-corrected chi connectivity index (χ2v) is 7.53. The van der Waals surface area contributed by atoms with Gasteiger partial charge in [-0.1, -0.05) is 23.5 Å². The van der Waals surface area contributed by atoms with E-state index in [0.717, 1.165) is 21.3 Å². The predicted molar refractivity (Wildman–Crippen MR) is 107 cm³/mol. The van der Waals surface area contributed by atoms with Gasteiger partial charge in [-0.15, -0.1) is 0 Å². The number of hydrogen-bond acceptors (Lipinski definition) is 5. The van der Waals surface area contributed by atoms with E-state index < -0.39 is 0 Å². The molecule has 0 unspecified atom stereocenters. The van der Waals surface area contributed by atoms with E-state index in [2.05, 4.69) is 23.1 Å². The van der Waals surface area contributed by atoms with Crippen molar-refractivity contribution in [3.63, 3.8) is 0 Å². The average molecular weight is 377 g/mol. The standard InChI is InChI=1S/C20H19N5OS/c1-13-6-7-16-17(9-13)27-20(23-16)25(12-15-5-4-8-21-11-15)19(26)18-14(2)10-22-24(18)3/h4-11H,12H2,1-3H3. The van der Waals surface area contributed by atoms with Crippen molar-refractivity contribution in [2.75, 3.05) is 4.90 Å². The molecule has 4 aromatic rings. The normalized spacial score (nSPS) is 11.1. The zero-order chi connectivity index (χ0) is 19.0. The number of nitrogens with zero attached hydrogens (tertiary/aromatic N) is 5. The van der Waals surface area contributed by atoms with Gasteiger partial charge in [0, 0.05) is 19.4 Å². The van der Waals surface area contributed by atoms with Crippen molar-refractivity contribution in [3.05, 3.63) is 71.3 Å². The predicted octanol–water partition coefficient (Wildman–Crippen LogP) is 3.89. The first-order valence-electron chi connectivity index (χ1n) is 8.59. The molecule has 3 aromatic heterocycles. The zero-order valence-electron chi connectivity index (χ0n) is 15.4. The molecule has 0 atom stereocenters. The molecule has 0 radical (unpaired) electrons. The van der Waals surface area contributed by atoms with Crippen LogP contribution in [-0.4, -0.2) is 25.7 Å². The molecule has 1 aromatic carbocycles. The van der Waals surface area contributed by atoms with Gasteiger partial charge in [0.2, 0.25) is 0 Å². The lowest BCUT2D eigenvalue weighted by atomic mass is 10.2. The lowest BCUT2D eigenvalue weighted by Crippen LogP contribution is -2.32. The number of amides is 1. The Morgan fingerprint density at radius 3 is 2.78 bits per heavy atom. The second-order valence-electron chi connectivity index (χ2n) is 6.52. The second kappa shape index (κ2) is 6.92. The number of pyridine rings is 1. The monoisotopic (exact) mass is 377 g/mol. The summed E-state index contributed by atoms with van der Waals surface area (Å²) in [6, 6.07) is 9.95. The molecule has 0 saturated heterocycles. The van der Waals surface area contributed by atoms with E-state index in [0.29, 0.717) is 17.4 Å². The maximum absolute atomic E-state index is 13.4. The molecular formula is C20H19N5OS. The minimum atomic E-state index is -0.118. The van der Waals surface area contributed by atoms with Crippen LogP contribution in [0.15, 0.2) is 48.9 Å². The lowest BCUT2D eigenvalue weighted by Gasteiger charge is -2.20. The Hall–Kier alpha value is -3.06. The molecule has 7 heteroatoms. The highest BCUT2D eigenvalue weighted by Crippen LogP contribution is 2.31. The number of thiazole rings is 1. The first-order chi connectivity index (χ1) is 13.0. The minimum Gasteiger partial charge on any atom is -0.278 e. The number of carbonyl (C=O) groups excluding carboxylic acids is 1. The summed E-state index contributed by atoms with van der Waals surface area (Å²) in [5.41, 5.74) is 4.42. The van der Waals surface area contributed by atoms with Crippen molar-refractivity contribution in [3.8, 4) is 0 Å². The van der Waals surface area contributed by atoms with Gasteiger partial charge in [-0.25, -0.2) is 4.98 Å². The number of hydrogen-bond donors (Lipinski definition) is 0. The Morgan fingerprint density at radius 2 is 2.07 bits per heavy atom. The topological polar surface area (TPSA) is 63.9 Å². The van der Waals surface area contributed by atoms with Crippen LogP contribution in [0.1, 0.15) is 27.2 Å². The molecule has 6 nitrogen and oxygen atoms in total. The van der Waals surface area contributed by atoms with E-state index in [1.165, 1.54) is 16.9 Å². The zero-order valence-corrected chi connectivity index (χ0v) is 16.2. The number of aromatic nitrogens is 4.